The Bertz CT molecular complexity index is 1110. The van der Waals surface area contributed by atoms with Crippen LogP contribution < -0.4 is 10.5 Å². The molecule has 0 bridgehead atoms. The Morgan fingerprint density at radius 3 is 2.68 bits per heavy atom. The number of rotatable bonds is 4. The third kappa shape index (κ3) is 3.73. The summed E-state index contributed by atoms with van der Waals surface area (Å²) in [5.74, 6) is -0.801. The first-order valence-electron chi connectivity index (χ1n) is 9.08. The first-order valence-corrected chi connectivity index (χ1v) is 9.08. The molecule has 6 heteroatoms. The Morgan fingerprint density at radius 1 is 1.11 bits per heavy atom. The molecule has 0 amide bonds. The monoisotopic (exact) mass is 378 g/mol. The number of nitrogens with zero attached hydrogens (tertiary/aromatic N) is 1. The molecule has 2 aromatic carbocycles. The van der Waals surface area contributed by atoms with Crippen molar-refractivity contribution in [2.75, 3.05) is 31.2 Å². The van der Waals surface area contributed by atoms with Gasteiger partial charge in [-0.2, -0.15) is 0 Å². The van der Waals surface area contributed by atoms with Crippen LogP contribution in [0.3, 0.4) is 0 Å². The number of allylic oxidation sites excluding steroid dienone is 1. The largest absolute Gasteiger partial charge is 0.378 e. The van der Waals surface area contributed by atoms with Gasteiger partial charge in [0.15, 0.2) is 5.78 Å². The molecule has 0 aliphatic carbocycles. The summed E-state index contributed by atoms with van der Waals surface area (Å²) in [6.45, 7) is 2.36. The molecule has 1 N–H and O–H groups in total. The summed E-state index contributed by atoms with van der Waals surface area (Å²) in [5, 5.41) is 0.870. The van der Waals surface area contributed by atoms with E-state index in [1.807, 2.05) is 29.2 Å². The molecule has 1 aliphatic heterocycles. The highest BCUT2D eigenvalue weighted by molar-refractivity contribution is 6.07. The van der Waals surface area contributed by atoms with Crippen molar-refractivity contribution in [2.45, 2.75) is 0 Å². The van der Waals surface area contributed by atoms with Crippen LogP contribution in [0.5, 0.6) is 0 Å². The van der Waals surface area contributed by atoms with Gasteiger partial charge in [0, 0.05) is 29.7 Å². The fourth-order valence-electron chi connectivity index (χ4n) is 3.27. The van der Waals surface area contributed by atoms with Crippen molar-refractivity contribution in [2.24, 2.45) is 0 Å². The molecule has 142 valence electrons. The van der Waals surface area contributed by atoms with Crippen LogP contribution in [-0.4, -0.2) is 37.1 Å². The maximum Gasteiger partial charge on any atom is 0.255 e. The highest BCUT2D eigenvalue weighted by Crippen LogP contribution is 2.22. The minimum absolute atomic E-state index is 0.239. The lowest BCUT2D eigenvalue weighted by atomic mass is 10.1. The van der Waals surface area contributed by atoms with Crippen LogP contribution in [0.15, 0.2) is 59.4 Å². The smallest absolute Gasteiger partial charge is 0.255 e. The number of nitrogens with one attached hydrogen (secondary N) is 1. The molecule has 1 aliphatic rings. The number of H-pyrrole nitrogens is 1. The van der Waals surface area contributed by atoms with Gasteiger partial charge in [0.1, 0.15) is 5.82 Å². The Morgan fingerprint density at radius 2 is 1.89 bits per heavy atom. The third-order valence-electron chi connectivity index (χ3n) is 4.78. The number of pyridine rings is 1. The molecule has 0 saturated carbocycles. The summed E-state index contributed by atoms with van der Waals surface area (Å²) < 4.78 is 19.8. The molecular formula is C22H19FN2O3. The van der Waals surface area contributed by atoms with E-state index in [4.69, 9.17) is 4.74 Å². The number of aromatic nitrogens is 1. The molecule has 4 rings (SSSR count). The van der Waals surface area contributed by atoms with Crippen molar-refractivity contribution in [3.05, 3.63) is 81.9 Å². The van der Waals surface area contributed by atoms with Gasteiger partial charge in [0.25, 0.3) is 5.56 Å². The number of ketones is 1. The van der Waals surface area contributed by atoms with Crippen LogP contribution in [-0.2, 0) is 4.74 Å². The summed E-state index contributed by atoms with van der Waals surface area (Å²) in [6.07, 6.45) is 2.75. The van der Waals surface area contributed by atoms with Gasteiger partial charge in [-0.3, -0.25) is 9.59 Å². The topological polar surface area (TPSA) is 62.4 Å². The number of benzene rings is 2. The van der Waals surface area contributed by atoms with Crippen LogP contribution >= 0.6 is 0 Å². The van der Waals surface area contributed by atoms with Gasteiger partial charge >= 0.3 is 0 Å². The van der Waals surface area contributed by atoms with Crippen LogP contribution in [0.4, 0.5) is 10.1 Å². The highest BCUT2D eigenvalue weighted by atomic mass is 19.1. The molecule has 3 aromatic rings. The predicted molar refractivity (Wildman–Crippen MR) is 107 cm³/mol. The Balaban J connectivity index is 1.55. The van der Waals surface area contributed by atoms with Crippen LogP contribution in [0, 0.1) is 5.82 Å². The van der Waals surface area contributed by atoms with E-state index in [1.165, 1.54) is 18.2 Å². The minimum Gasteiger partial charge on any atom is -0.378 e. The predicted octanol–water partition coefficient (Wildman–Crippen LogP) is 3.40. The summed E-state index contributed by atoms with van der Waals surface area (Å²) in [5.41, 5.74) is 1.53. The maximum absolute atomic E-state index is 14.5. The molecule has 1 aromatic heterocycles. The highest BCUT2D eigenvalue weighted by Gasteiger charge is 2.16. The zero-order valence-corrected chi connectivity index (χ0v) is 15.2. The van der Waals surface area contributed by atoms with Crippen LogP contribution in [0.1, 0.15) is 15.9 Å². The van der Waals surface area contributed by atoms with Crippen LogP contribution in [0.2, 0.25) is 0 Å². The number of fused-ring (bicyclic) bond motifs is 1. The molecule has 0 atom stereocenters. The zero-order valence-electron chi connectivity index (χ0n) is 15.2. The van der Waals surface area contributed by atoms with Crippen molar-refractivity contribution in [1.82, 2.24) is 4.98 Å². The number of hydrogen-bond acceptors (Lipinski definition) is 4. The lowest BCUT2D eigenvalue weighted by Crippen LogP contribution is -2.36. The molecular weight excluding hydrogens is 359 g/mol. The van der Waals surface area contributed by atoms with E-state index in [0.717, 1.165) is 10.9 Å². The summed E-state index contributed by atoms with van der Waals surface area (Å²) in [4.78, 5) is 29.3. The maximum atomic E-state index is 14.5. The van der Waals surface area contributed by atoms with E-state index >= 15 is 0 Å². The van der Waals surface area contributed by atoms with E-state index in [9.17, 15) is 14.0 Å². The average molecular weight is 378 g/mol. The molecule has 1 saturated heterocycles. The van der Waals surface area contributed by atoms with E-state index in [-0.39, 0.29) is 16.9 Å². The first-order chi connectivity index (χ1) is 13.6. The van der Waals surface area contributed by atoms with E-state index < -0.39 is 5.82 Å². The fraction of sp³-hybridized carbons (Fsp3) is 0.182. The second-order valence-electron chi connectivity index (χ2n) is 6.60. The Hall–Kier alpha value is -3.25. The van der Waals surface area contributed by atoms with E-state index in [0.29, 0.717) is 37.6 Å². The molecule has 0 spiro atoms. The van der Waals surface area contributed by atoms with Crippen molar-refractivity contribution >= 4 is 28.4 Å². The number of carbonyl (C=O) groups excluding carboxylic acids is 1. The Labute approximate surface area is 161 Å². The van der Waals surface area contributed by atoms with Crippen molar-refractivity contribution in [3.63, 3.8) is 0 Å². The Kier molecular flexibility index (Phi) is 5.04. The lowest BCUT2D eigenvalue weighted by Gasteiger charge is -2.29. The van der Waals surface area contributed by atoms with Gasteiger partial charge in [-0.25, -0.2) is 4.39 Å². The quantitative estimate of drug-likeness (QED) is 0.558. The van der Waals surface area contributed by atoms with Gasteiger partial charge in [-0.15, -0.1) is 0 Å². The first kappa shape index (κ1) is 18.1. The number of ether oxygens (including phenoxy) is 1. The average Bonchev–Trinajstić information content (AvgIpc) is 2.72. The van der Waals surface area contributed by atoms with Gasteiger partial charge in [0.05, 0.1) is 18.9 Å². The minimum atomic E-state index is -0.440. The number of halogens is 1. The van der Waals surface area contributed by atoms with E-state index in [1.54, 1.807) is 18.2 Å². The summed E-state index contributed by atoms with van der Waals surface area (Å²) in [6, 6.07) is 13.6. The van der Waals surface area contributed by atoms with Gasteiger partial charge in [-0.1, -0.05) is 18.2 Å². The fourth-order valence-corrected chi connectivity index (χ4v) is 3.27. The third-order valence-corrected chi connectivity index (χ3v) is 4.78. The number of carbonyl (C=O) groups is 1. The molecule has 0 radical (unpaired) electrons. The number of hydrogen-bond donors (Lipinski definition) is 1. The normalized spacial score (nSPS) is 14.7. The van der Waals surface area contributed by atoms with Gasteiger partial charge < -0.3 is 14.6 Å². The zero-order chi connectivity index (χ0) is 19.5. The molecule has 1 fully saturated rings. The number of aromatic amines is 1. The van der Waals surface area contributed by atoms with Gasteiger partial charge in [0.2, 0.25) is 0 Å². The lowest BCUT2D eigenvalue weighted by molar-refractivity contribution is 0.104. The van der Waals surface area contributed by atoms with Crippen molar-refractivity contribution in [1.29, 1.82) is 0 Å². The molecule has 5 nitrogen and oxygen atoms in total. The second-order valence-corrected chi connectivity index (χ2v) is 6.60. The molecule has 2 heterocycles. The van der Waals surface area contributed by atoms with Gasteiger partial charge in [-0.05, 0) is 47.9 Å². The standard InChI is InChI=1S/C22H19FN2O3/c23-18-14-16(5-7-20(18)25-9-11-28-12-10-25)21(26)8-6-17-13-15-3-1-2-4-19(15)24-22(17)27/h1-8,13-14H,9-12H2,(H,24,27)/b8-6+. The van der Waals surface area contributed by atoms with Crippen LogP contribution in [0.25, 0.3) is 17.0 Å². The second kappa shape index (κ2) is 7.78. The van der Waals surface area contributed by atoms with Crippen molar-refractivity contribution in [3.8, 4) is 0 Å². The number of morpholine rings is 1. The van der Waals surface area contributed by atoms with E-state index in [2.05, 4.69) is 4.98 Å². The molecule has 0 unspecified atom stereocenters. The summed E-state index contributed by atoms with van der Waals surface area (Å²) in [7, 11) is 0. The number of para-hydroxylation sites is 1. The number of anilines is 1. The summed E-state index contributed by atoms with van der Waals surface area (Å²) >= 11 is 0. The molecule has 28 heavy (non-hydrogen) atoms. The SMILES string of the molecule is O=C(/C=C/c1cc2ccccc2[nH]c1=O)c1ccc(N2CCOCC2)c(F)c1. The van der Waals surface area contributed by atoms with Crippen molar-refractivity contribution < 1.29 is 13.9 Å².